The van der Waals surface area contributed by atoms with Crippen LogP contribution in [-0.4, -0.2) is 5.91 Å². The molecule has 0 saturated carbocycles. The molecule has 0 atom stereocenters. The molecule has 0 unspecified atom stereocenters. The Kier molecular flexibility index (Phi) is 3.72. The van der Waals surface area contributed by atoms with Gasteiger partial charge in [-0.15, -0.1) is 0 Å². The molecular weight excluding hydrogens is 229 g/mol. The zero-order valence-corrected chi connectivity index (χ0v) is 10.1. The molecule has 92 valence electrons. The standard InChI is InChI=1S/C15H14FNO/c1-11-5-2-3-6-12(11)9-15(18)17-14-8-4-7-13(16)10-14/h2-8,10H,9H2,1H3,(H,17,18). The number of hydrogen-bond donors (Lipinski definition) is 1. The SMILES string of the molecule is Cc1ccccc1CC(=O)Nc1cccc(F)c1. The van der Waals surface area contributed by atoms with Gasteiger partial charge in [0.1, 0.15) is 5.82 Å². The van der Waals surface area contributed by atoms with Gasteiger partial charge in [0.15, 0.2) is 0 Å². The second kappa shape index (κ2) is 5.45. The van der Waals surface area contributed by atoms with E-state index < -0.39 is 0 Å². The van der Waals surface area contributed by atoms with Crippen molar-refractivity contribution in [2.75, 3.05) is 5.32 Å². The molecule has 2 rings (SSSR count). The third kappa shape index (κ3) is 3.17. The first-order valence-corrected chi connectivity index (χ1v) is 5.75. The van der Waals surface area contributed by atoms with Gasteiger partial charge in [-0.2, -0.15) is 0 Å². The minimum atomic E-state index is -0.358. The summed E-state index contributed by atoms with van der Waals surface area (Å²) >= 11 is 0. The van der Waals surface area contributed by atoms with Crippen LogP contribution in [0.25, 0.3) is 0 Å². The zero-order chi connectivity index (χ0) is 13.0. The van der Waals surface area contributed by atoms with Gasteiger partial charge in [-0.05, 0) is 36.2 Å². The number of carbonyl (C=O) groups is 1. The molecule has 2 aromatic rings. The van der Waals surface area contributed by atoms with Crippen LogP contribution in [0.15, 0.2) is 48.5 Å². The van der Waals surface area contributed by atoms with E-state index in [4.69, 9.17) is 0 Å². The summed E-state index contributed by atoms with van der Waals surface area (Å²) in [4.78, 5) is 11.8. The maximum atomic E-state index is 13.0. The summed E-state index contributed by atoms with van der Waals surface area (Å²) in [6, 6.07) is 13.6. The number of amides is 1. The van der Waals surface area contributed by atoms with Crippen molar-refractivity contribution in [3.63, 3.8) is 0 Å². The molecule has 0 heterocycles. The van der Waals surface area contributed by atoms with E-state index in [2.05, 4.69) is 5.32 Å². The van der Waals surface area contributed by atoms with Crippen LogP contribution in [-0.2, 0) is 11.2 Å². The molecule has 1 N–H and O–H groups in total. The number of halogens is 1. The molecule has 0 aromatic heterocycles. The molecule has 1 amide bonds. The largest absolute Gasteiger partial charge is 0.326 e. The van der Waals surface area contributed by atoms with Crippen molar-refractivity contribution in [3.8, 4) is 0 Å². The Hall–Kier alpha value is -2.16. The number of nitrogens with one attached hydrogen (secondary N) is 1. The maximum absolute atomic E-state index is 13.0. The second-order valence-electron chi connectivity index (χ2n) is 4.16. The van der Waals surface area contributed by atoms with Crippen LogP contribution in [0.1, 0.15) is 11.1 Å². The van der Waals surface area contributed by atoms with E-state index in [1.54, 1.807) is 12.1 Å². The van der Waals surface area contributed by atoms with E-state index in [9.17, 15) is 9.18 Å². The monoisotopic (exact) mass is 243 g/mol. The highest BCUT2D eigenvalue weighted by Crippen LogP contribution is 2.12. The van der Waals surface area contributed by atoms with E-state index >= 15 is 0 Å². The minimum absolute atomic E-state index is 0.144. The lowest BCUT2D eigenvalue weighted by molar-refractivity contribution is -0.115. The Bertz CT molecular complexity index is 566. The zero-order valence-electron chi connectivity index (χ0n) is 10.1. The first-order chi connectivity index (χ1) is 8.65. The van der Waals surface area contributed by atoms with Gasteiger partial charge in [0.05, 0.1) is 6.42 Å². The number of rotatable bonds is 3. The first kappa shape index (κ1) is 12.3. The fourth-order valence-electron chi connectivity index (χ4n) is 1.75. The number of anilines is 1. The van der Waals surface area contributed by atoms with Gasteiger partial charge in [-0.1, -0.05) is 30.3 Å². The highest BCUT2D eigenvalue weighted by atomic mass is 19.1. The summed E-state index contributed by atoms with van der Waals surface area (Å²) in [5.74, 6) is -0.501. The van der Waals surface area contributed by atoms with E-state index in [0.717, 1.165) is 11.1 Å². The summed E-state index contributed by atoms with van der Waals surface area (Å²) in [6.45, 7) is 1.96. The van der Waals surface area contributed by atoms with Crippen molar-refractivity contribution in [2.45, 2.75) is 13.3 Å². The maximum Gasteiger partial charge on any atom is 0.228 e. The Morgan fingerprint density at radius 2 is 1.94 bits per heavy atom. The summed E-state index contributed by atoms with van der Waals surface area (Å²) in [6.07, 6.45) is 0.295. The molecule has 0 radical (unpaired) electrons. The molecule has 0 fully saturated rings. The van der Waals surface area contributed by atoms with Gasteiger partial charge < -0.3 is 5.32 Å². The first-order valence-electron chi connectivity index (χ1n) is 5.75. The molecule has 2 aromatic carbocycles. The van der Waals surface area contributed by atoms with Crippen molar-refractivity contribution >= 4 is 11.6 Å². The smallest absolute Gasteiger partial charge is 0.228 e. The molecule has 2 nitrogen and oxygen atoms in total. The third-order valence-corrected chi connectivity index (χ3v) is 2.72. The summed E-state index contributed by atoms with van der Waals surface area (Å²) in [5, 5.41) is 2.68. The Morgan fingerprint density at radius 1 is 1.17 bits per heavy atom. The fourth-order valence-corrected chi connectivity index (χ4v) is 1.75. The highest BCUT2D eigenvalue weighted by molar-refractivity contribution is 5.92. The average Bonchev–Trinajstić information content (AvgIpc) is 2.32. The molecular formula is C15H14FNO. The van der Waals surface area contributed by atoms with Gasteiger partial charge in [-0.25, -0.2) is 4.39 Å². The Balaban J connectivity index is 2.03. The van der Waals surface area contributed by atoms with E-state index in [-0.39, 0.29) is 11.7 Å². The Morgan fingerprint density at radius 3 is 2.67 bits per heavy atom. The Labute approximate surface area is 105 Å². The van der Waals surface area contributed by atoms with Gasteiger partial charge in [0.25, 0.3) is 0 Å². The predicted octanol–water partition coefficient (Wildman–Crippen LogP) is 3.32. The molecule has 0 spiro atoms. The van der Waals surface area contributed by atoms with Gasteiger partial charge in [0.2, 0.25) is 5.91 Å². The van der Waals surface area contributed by atoms with Gasteiger partial charge in [0, 0.05) is 5.69 Å². The minimum Gasteiger partial charge on any atom is -0.326 e. The van der Waals surface area contributed by atoms with Crippen molar-refractivity contribution in [1.29, 1.82) is 0 Å². The molecule has 18 heavy (non-hydrogen) atoms. The fraction of sp³-hybridized carbons (Fsp3) is 0.133. The van der Waals surface area contributed by atoms with Crippen LogP contribution in [0, 0.1) is 12.7 Å². The van der Waals surface area contributed by atoms with Crippen molar-refractivity contribution in [2.24, 2.45) is 0 Å². The molecule has 3 heteroatoms. The number of hydrogen-bond acceptors (Lipinski definition) is 1. The van der Waals surface area contributed by atoms with Crippen LogP contribution < -0.4 is 5.32 Å². The molecule has 0 aliphatic heterocycles. The number of benzene rings is 2. The van der Waals surface area contributed by atoms with E-state index in [0.29, 0.717) is 12.1 Å². The van der Waals surface area contributed by atoms with Crippen LogP contribution in [0.4, 0.5) is 10.1 Å². The summed E-state index contributed by atoms with van der Waals surface area (Å²) in [7, 11) is 0. The van der Waals surface area contributed by atoms with E-state index in [1.807, 2.05) is 31.2 Å². The van der Waals surface area contributed by atoms with Crippen molar-refractivity contribution in [1.82, 2.24) is 0 Å². The van der Waals surface area contributed by atoms with Crippen molar-refractivity contribution in [3.05, 3.63) is 65.5 Å². The quantitative estimate of drug-likeness (QED) is 0.880. The lowest BCUT2D eigenvalue weighted by Gasteiger charge is -2.07. The number of carbonyl (C=O) groups excluding carboxylic acids is 1. The average molecular weight is 243 g/mol. The topological polar surface area (TPSA) is 29.1 Å². The normalized spacial score (nSPS) is 10.1. The predicted molar refractivity (Wildman–Crippen MR) is 69.9 cm³/mol. The van der Waals surface area contributed by atoms with Crippen LogP contribution in [0.3, 0.4) is 0 Å². The van der Waals surface area contributed by atoms with Crippen LogP contribution >= 0.6 is 0 Å². The summed E-state index contributed by atoms with van der Waals surface area (Å²) in [5.41, 5.74) is 2.53. The molecule has 0 aliphatic rings. The number of aryl methyl sites for hydroxylation is 1. The van der Waals surface area contributed by atoms with Crippen LogP contribution in [0.5, 0.6) is 0 Å². The summed E-state index contributed by atoms with van der Waals surface area (Å²) < 4.78 is 13.0. The van der Waals surface area contributed by atoms with Crippen LogP contribution in [0.2, 0.25) is 0 Å². The second-order valence-corrected chi connectivity index (χ2v) is 4.16. The van der Waals surface area contributed by atoms with Gasteiger partial charge in [-0.3, -0.25) is 4.79 Å². The van der Waals surface area contributed by atoms with Gasteiger partial charge >= 0.3 is 0 Å². The van der Waals surface area contributed by atoms with E-state index in [1.165, 1.54) is 12.1 Å². The lowest BCUT2D eigenvalue weighted by atomic mass is 10.1. The third-order valence-electron chi connectivity index (χ3n) is 2.72. The molecule has 0 saturated heterocycles. The van der Waals surface area contributed by atoms with Crippen molar-refractivity contribution < 1.29 is 9.18 Å². The highest BCUT2D eigenvalue weighted by Gasteiger charge is 2.06. The molecule has 0 bridgehead atoms. The lowest BCUT2D eigenvalue weighted by Crippen LogP contribution is -2.15. The molecule has 0 aliphatic carbocycles.